The molecule has 1 amide bonds. The molecular formula is C17H26N4O2. The van der Waals surface area contributed by atoms with Crippen LogP contribution in [0.1, 0.15) is 37.7 Å². The van der Waals surface area contributed by atoms with Crippen molar-refractivity contribution in [2.45, 2.75) is 44.2 Å². The molecule has 1 aromatic heterocycles. The topological polar surface area (TPSA) is 80.5 Å². The van der Waals surface area contributed by atoms with Crippen molar-refractivity contribution >= 4 is 11.7 Å². The van der Waals surface area contributed by atoms with Crippen molar-refractivity contribution < 1.29 is 9.53 Å². The predicted octanol–water partition coefficient (Wildman–Crippen LogP) is 1.20. The summed E-state index contributed by atoms with van der Waals surface area (Å²) in [6.07, 6.45) is 6.63. The summed E-state index contributed by atoms with van der Waals surface area (Å²) < 4.78 is 5.37. The van der Waals surface area contributed by atoms with Gasteiger partial charge < -0.3 is 20.7 Å². The summed E-state index contributed by atoms with van der Waals surface area (Å²) in [5, 5.41) is 3.00. The Hall–Kier alpha value is -1.66. The molecule has 3 N–H and O–H groups in total. The minimum absolute atomic E-state index is 0.0260. The number of carbonyl (C=O) groups excluding carboxylic acids is 1. The monoisotopic (exact) mass is 318 g/mol. The molecule has 1 saturated heterocycles. The Morgan fingerprint density at radius 1 is 1.30 bits per heavy atom. The van der Waals surface area contributed by atoms with E-state index in [-0.39, 0.29) is 5.91 Å². The minimum Gasteiger partial charge on any atom is -0.378 e. The second-order valence-corrected chi connectivity index (χ2v) is 6.52. The number of ether oxygens (including phenoxy) is 1. The Morgan fingerprint density at radius 3 is 2.78 bits per heavy atom. The van der Waals surface area contributed by atoms with Crippen molar-refractivity contribution in [1.82, 2.24) is 10.3 Å². The van der Waals surface area contributed by atoms with Gasteiger partial charge in [-0.15, -0.1) is 0 Å². The van der Waals surface area contributed by atoms with Crippen molar-refractivity contribution in [3.05, 3.63) is 23.9 Å². The van der Waals surface area contributed by atoms with Gasteiger partial charge in [0.25, 0.3) is 0 Å². The van der Waals surface area contributed by atoms with Crippen LogP contribution in [-0.2, 0) is 16.1 Å². The molecular weight excluding hydrogens is 292 g/mol. The zero-order valence-electron chi connectivity index (χ0n) is 13.6. The van der Waals surface area contributed by atoms with E-state index in [9.17, 15) is 4.79 Å². The average Bonchev–Trinajstić information content (AvgIpc) is 2.61. The Bertz CT molecular complexity index is 537. The number of aromatic nitrogens is 1. The van der Waals surface area contributed by atoms with E-state index in [1.807, 2.05) is 12.1 Å². The largest absolute Gasteiger partial charge is 0.378 e. The van der Waals surface area contributed by atoms with Crippen LogP contribution in [0.15, 0.2) is 18.3 Å². The van der Waals surface area contributed by atoms with E-state index in [0.717, 1.165) is 63.4 Å². The highest BCUT2D eigenvalue weighted by atomic mass is 16.5. The predicted molar refractivity (Wildman–Crippen MR) is 89.1 cm³/mol. The van der Waals surface area contributed by atoms with Crippen LogP contribution in [0.25, 0.3) is 0 Å². The lowest BCUT2D eigenvalue weighted by Crippen LogP contribution is -2.54. The summed E-state index contributed by atoms with van der Waals surface area (Å²) in [6, 6.07) is 3.98. The first-order valence-electron chi connectivity index (χ1n) is 8.52. The van der Waals surface area contributed by atoms with Crippen molar-refractivity contribution in [2.75, 3.05) is 31.2 Å². The first-order valence-corrected chi connectivity index (χ1v) is 8.52. The molecule has 0 unspecified atom stereocenters. The zero-order valence-corrected chi connectivity index (χ0v) is 13.6. The molecule has 0 bridgehead atoms. The number of hydrogen-bond acceptors (Lipinski definition) is 5. The zero-order chi connectivity index (χ0) is 16.1. The number of nitrogens with two attached hydrogens (primary N) is 1. The number of carbonyl (C=O) groups is 1. The lowest BCUT2D eigenvalue weighted by atomic mass is 9.82. The van der Waals surface area contributed by atoms with Gasteiger partial charge in [0.05, 0.1) is 18.8 Å². The molecule has 1 aromatic rings. The lowest BCUT2D eigenvalue weighted by Gasteiger charge is -2.32. The third-order valence-electron chi connectivity index (χ3n) is 4.80. The first-order chi connectivity index (χ1) is 11.2. The highest BCUT2D eigenvalue weighted by Gasteiger charge is 2.34. The van der Waals surface area contributed by atoms with Gasteiger partial charge in [-0.1, -0.05) is 19.3 Å². The van der Waals surface area contributed by atoms with Gasteiger partial charge in [0, 0.05) is 25.8 Å². The molecule has 0 atom stereocenters. The maximum atomic E-state index is 12.4. The summed E-state index contributed by atoms with van der Waals surface area (Å²) in [7, 11) is 0. The Labute approximate surface area is 137 Å². The minimum atomic E-state index is -0.682. The smallest absolute Gasteiger partial charge is 0.240 e. The highest BCUT2D eigenvalue weighted by molar-refractivity contribution is 5.86. The molecule has 1 aliphatic carbocycles. The van der Waals surface area contributed by atoms with Crippen LogP contribution in [0.2, 0.25) is 0 Å². The normalized spacial score (nSPS) is 21.0. The fraction of sp³-hybridized carbons (Fsp3) is 0.647. The molecule has 23 heavy (non-hydrogen) atoms. The Morgan fingerprint density at radius 2 is 2.04 bits per heavy atom. The summed E-state index contributed by atoms with van der Waals surface area (Å²) in [5.41, 5.74) is 6.64. The van der Waals surface area contributed by atoms with Crippen molar-refractivity contribution in [1.29, 1.82) is 0 Å². The standard InChI is InChI=1S/C17H26N4O2/c18-17(5-2-1-3-6-17)16(22)20-13-14-4-7-19-15(12-14)21-8-10-23-11-9-21/h4,7,12H,1-3,5-6,8-11,13,18H2,(H,20,22). The Kier molecular flexibility index (Phi) is 5.13. The van der Waals surface area contributed by atoms with Gasteiger partial charge in [0.1, 0.15) is 5.82 Å². The Balaban J connectivity index is 1.58. The van der Waals surface area contributed by atoms with E-state index < -0.39 is 5.54 Å². The van der Waals surface area contributed by atoms with Crippen LogP contribution in [0.3, 0.4) is 0 Å². The van der Waals surface area contributed by atoms with Gasteiger partial charge in [-0.2, -0.15) is 0 Å². The van der Waals surface area contributed by atoms with Gasteiger partial charge in [-0.05, 0) is 30.5 Å². The molecule has 0 radical (unpaired) electrons. The van der Waals surface area contributed by atoms with E-state index in [2.05, 4.69) is 15.2 Å². The van der Waals surface area contributed by atoms with Crippen molar-refractivity contribution in [3.63, 3.8) is 0 Å². The molecule has 6 nitrogen and oxygen atoms in total. The second-order valence-electron chi connectivity index (χ2n) is 6.52. The van der Waals surface area contributed by atoms with Crippen LogP contribution in [-0.4, -0.2) is 42.7 Å². The van der Waals surface area contributed by atoms with Gasteiger partial charge in [-0.3, -0.25) is 4.79 Å². The molecule has 0 spiro atoms. The number of hydrogen-bond donors (Lipinski definition) is 2. The van der Waals surface area contributed by atoms with Crippen molar-refractivity contribution in [2.24, 2.45) is 5.73 Å². The van der Waals surface area contributed by atoms with Gasteiger partial charge in [0.2, 0.25) is 5.91 Å². The average molecular weight is 318 g/mol. The van der Waals surface area contributed by atoms with Crippen LogP contribution in [0.4, 0.5) is 5.82 Å². The van der Waals surface area contributed by atoms with Crippen LogP contribution >= 0.6 is 0 Å². The van der Waals surface area contributed by atoms with Crippen LogP contribution in [0, 0.1) is 0 Å². The van der Waals surface area contributed by atoms with Crippen LogP contribution in [0.5, 0.6) is 0 Å². The number of nitrogens with zero attached hydrogens (tertiary/aromatic N) is 2. The molecule has 2 heterocycles. The van der Waals surface area contributed by atoms with Crippen molar-refractivity contribution in [3.8, 4) is 0 Å². The fourth-order valence-electron chi connectivity index (χ4n) is 3.30. The number of pyridine rings is 1. The number of morpholine rings is 1. The molecule has 1 saturated carbocycles. The SMILES string of the molecule is NC1(C(=O)NCc2ccnc(N3CCOCC3)c2)CCCCC1. The molecule has 2 aliphatic rings. The third kappa shape index (κ3) is 4.00. The van der Waals surface area contributed by atoms with Gasteiger partial charge >= 0.3 is 0 Å². The molecule has 0 aromatic carbocycles. The summed E-state index contributed by atoms with van der Waals surface area (Å²) in [5.74, 6) is 0.919. The molecule has 6 heteroatoms. The van der Waals surface area contributed by atoms with E-state index in [0.29, 0.717) is 6.54 Å². The quantitative estimate of drug-likeness (QED) is 0.872. The summed E-state index contributed by atoms with van der Waals surface area (Å²) in [4.78, 5) is 19.0. The molecule has 126 valence electrons. The molecule has 2 fully saturated rings. The summed E-state index contributed by atoms with van der Waals surface area (Å²) >= 11 is 0. The molecule has 3 rings (SSSR count). The van der Waals surface area contributed by atoms with Gasteiger partial charge in [0.15, 0.2) is 0 Å². The third-order valence-corrected chi connectivity index (χ3v) is 4.80. The first kappa shape index (κ1) is 16.2. The number of anilines is 1. The lowest BCUT2D eigenvalue weighted by molar-refractivity contribution is -0.127. The number of amides is 1. The maximum absolute atomic E-state index is 12.4. The fourth-order valence-corrected chi connectivity index (χ4v) is 3.30. The number of nitrogens with one attached hydrogen (secondary N) is 1. The van der Waals surface area contributed by atoms with Crippen LogP contribution < -0.4 is 16.0 Å². The second kappa shape index (κ2) is 7.27. The van der Waals surface area contributed by atoms with Gasteiger partial charge in [-0.25, -0.2) is 4.98 Å². The number of rotatable bonds is 4. The summed E-state index contributed by atoms with van der Waals surface area (Å²) in [6.45, 7) is 3.68. The van der Waals surface area contributed by atoms with E-state index in [1.165, 1.54) is 6.42 Å². The molecule has 1 aliphatic heterocycles. The van der Waals surface area contributed by atoms with E-state index in [4.69, 9.17) is 10.5 Å². The van der Waals surface area contributed by atoms with E-state index >= 15 is 0 Å². The maximum Gasteiger partial charge on any atom is 0.240 e. The highest BCUT2D eigenvalue weighted by Crippen LogP contribution is 2.26. The van der Waals surface area contributed by atoms with E-state index in [1.54, 1.807) is 6.20 Å².